The second-order valence-electron chi connectivity index (χ2n) is 6.95. The Kier molecular flexibility index (Phi) is 7.54. The molecule has 33 heavy (non-hydrogen) atoms. The van der Waals surface area contributed by atoms with Crippen LogP contribution < -0.4 is 10.2 Å². The molecule has 1 heterocycles. The van der Waals surface area contributed by atoms with E-state index < -0.39 is 0 Å². The first-order valence-electron chi connectivity index (χ1n) is 10.0. The molecule has 0 spiro atoms. The van der Waals surface area contributed by atoms with Crippen molar-refractivity contribution in [2.75, 3.05) is 5.75 Å². The maximum absolute atomic E-state index is 12.2. The fraction of sp³-hybridized carbons (Fsp3) is 0.0833. The molecule has 0 radical (unpaired) electrons. The summed E-state index contributed by atoms with van der Waals surface area (Å²) in [6.07, 6.45) is 1.58. The Morgan fingerprint density at radius 3 is 2.67 bits per heavy atom. The van der Waals surface area contributed by atoms with Gasteiger partial charge in [-0.25, -0.2) is 5.43 Å². The molecular weight excluding hydrogens is 502 g/mol. The Bertz CT molecular complexity index is 1280. The molecule has 9 heteroatoms. The highest BCUT2D eigenvalue weighted by Gasteiger charge is 2.13. The van der Waals surface area contributed by atoms with Gasteiger partial charge in [0.1, 0.15) is 11.5 Å². The molecule has 0 saturated carbocycles. The molecule has 0 fully saturated rings. The number of ether oxygens (including phenoxy) is 1. The zero-order chi connectivity index (χ0) is 23.0. The third-order valence-corrected chi connectivity index (χ3v) is 6.00. The number of nitrogens with zero attached hydrogens (tertiary/aromatic N) is 4. The summed E-state index contributed by atoms with van der Waals surface area (Å²) in [5.74, 6) is 2.10. The van der Waals surface area contributed by atoms with Gasteiger partial charge in [-0.2, -0.15) is 5.10 Å². The number of benzene rings is 3. The Labute approximate surface area is 204 Å². The van der Waals surface area contributed by atoms with Gasteiger partial charge in [0, 0.05) is 17.1 Å². The van der Waals surface area contributed by atoms with Crippen molar-refractivity contribution < 1.29 is 9.53 Å². The minimum absolute atomic E-state index is 0.166. The van der Waals surface area contributed by atoms with Gasteiger partial charge in [0.2, 0.25) is 0 Å². The van der Waals surface area contributed by atoms with E-state index in [9.17, 15) is 4.79 Å². The molecule has 0 aliphatic carbocycles. The quantitative estimate of drug-likeness (QED) is 0.194. The molecule has 1 N–H and O–H groups in total. The van der Waals surface area contributed by atoms with Crippen molar-refractivity contribution >= 4 is 39.8 Å². The van der Waals surface area contributed by atoms with Gasteiger partial charge in [-0.15, -0.1) is 10.2 Å². The Morgan fingerprint density at radius 2 is 1.85 bits per heavy atom. The van der Waals surface area contributed by atoms with E-state index in [-0.39, 0.29) is 11.7 Å². The molecule has 0 unspecified atom stereocenters. The maximum Gasteiger partial charge on any atom is 0.250 e. The molecule has 3 aromatic carbocycles. The van der Waals surface area contributed by atoms with Gasteiger partial charge in [-0.1, -0.05) is 70.2 Å². The lowest BCUT2D eigenvalue weighted by Gasteiger charge is -2.06. The van der Waals surface area contributed by atoms with Crippen LogP contribution in [0.5, 0.6) is 11.5 Å². The summed E-state index contributed by atoms with van der Waals surface area (Å²) in [4.78, 5) is 12.2. The molecule has 4 aromatic rings. The Morgan fingerprint density at radius 1 is 1.06 bits per heavy atom. The zero-order valence-electron chi connectivity index (χ0n) is 17.7. The van der Waals surface area contributed by atoms with Gasteiger partial charge in [-0.3, -0.25) is 4.79 Å². The number of nitrogens with one attached hydrogen (secondary N) is 1. The minimum Gasteiger partial charge on any atom is -0.457 e. The number of para-hydroxylation sites is 1. The Balaban J connectivity index is 1.30. The molecule has 0 saturated heterocycles. The van der Waals surface area contributed by atoms with Gasteiger partial charge in [0.15, 0.2) is 11.0 Å². The van der Waals surface area contributed by atoms with Crippen molar-refractivity contribution in [3.63, 3.8) is 0 Å². The topological polar surface area (TPSA) is 81.4 Å². The molecule has 0 aliphatic heterocycles. The van der Waals surface area contributed by atoms with Gasteiger partial charge in [0.25, 0.3) is 5.91 Å². The molecule has 1 amide bonds. The predicted octanol–water partition coefficient (Wildman–Crippen LogP) is 5.28. The number of carbonyl (C=O) groups excluding carboxylic acids is 1. The van der Waals surface area contributed by atoms with Crippen LogP contribution >= 0.6 is 27.7 Å². The molecular formula is C24H20BrN5O2S. The molecule has 0 aliphatic rings. The summed E-state index contributed by atoms with van der Waals surface area (Å²) >= 11 is 4.76. The van der Waals surface area contributed by atoms with E-state index in [2.05, 4.69) is 36.7 Å². The van der Waals surface area contributed by atoms with Crippen molar-refractivity contribution in [3.05, 3.63) is 88.9 Å². The highest BCUT2D eigenvalue weighted by molar-refractivity contribution is 9.10. The van der Waals surface area contributed by atoms with Gasteiger partial charge in [-0.05, 0) is 42.0 Å². The summed E-state index contributed by atoms with van der Waals surface area (Å²) in [6, 6.07) is 24.8. The van der Waals surface area contributed by atoms with Crippen LogP contribution in [-0.2, 0) is 11.8 Å². The largest absolute Gasteiger partial charge is 0.457 e. The summed E-state index contributed by atoms with van der Waals surface area (Å²) in [5, 5.41) is 13.1. The SMILES string of the molecule is Cn1c(SCC(=O)N/N=C\c2cccc(Oc3ccccc3)c2)nnc1-c1cccc(Br)c1. The molecule has 1 aromatic heterocycles. The van der Waals surface area contributed by atoms with Gasteiger partial charge in [0.05, 0.1) is 12.0 Å². The number of hydrogen-bond acceptors (Lipinski definition) is 6. The van der Waals surface area contributed by atoms with E-state index in [1.807, 2.05) is 90.5 Å². The smallest absolute Gasteiger partial charge is 0.250 e. The summed E-state index contributed by atoms with van der Waals surface area (Å²) in [6.45, 7) is 0. The first kappa shape index (κ1) is 22.8. The number of aromatic nitrogens is 3. The highest BCUT2D eigenvalue weighted by atomic mass is 79.9. The van der Waals surface area contributed by atoms with Crippen LogP contribution in [0.3, 0.4) is 0 Å². The first-order chi connectivity index (χ1) is 16.1. The van der Waals surface area contributed by atoms with E-state index in [0.717, 1.165) is 27.2 Å². The average Bonchev–Trinajstić information content (AvgIpc) is 3.19. The molecule has 0 bridgehead atoms. The van der Waals surface area contributed by atoms with Crippen LogP contribution in [0.1, 0.15) is 5.56 Å². The van der Waals surface area contributed by atoms with Gasteiger partial charge < -0.3 is 9.30 Å². The number of rotatable bonds is 8. The summed E-state index contributed by atoms with van der Waals surface area (Å²) in [5.41, 5.74) is 4.29. The number of carbonyl (C=O) groups is 1. The number of halogens is 1. The van der Waals surface area contributed by atoms with Crippen LogP contribution in [-0.4, -0.2) is 32.6 Å². The highest BCUT2D eigenvalue weighted by Crippen LogP contribution is 2.25. The lowest BCUT2D eigenvalue weighted by Crippen LogP contribution is -2.19. The second-order valence-corrected chi connectivity index (χ2v) is 8.80. The van der Waals surface area contributed by atoms with E-state index in [1.165, 1.54) is 11.8 Å². The van der Waals surface area contributed by atoms with Crippen molar-refractivity contribution in [2.45, 2.75) is 5.16 Å². The van der Waals surface area contributed by atoms with Crippen LogP contribution in [0.15, 0.2) is 93.6 Å². The first-order valence-corrected chi connectivity index (χ1v) is 11.8. The van der Waals surface area contributed by atoms with Crippen molar-refractivity contribution in [1.82, 2.24) is 20.2 Å². The number of hydrogen-bond donors (Lipinski definition) is 1. The van der Waals surface area contributed by atoms with E-state index in [4.69, 9.17) is 4.74 Å². The molecule has 4 rings (SSSR count). The number of hydrazone groups is 1. The second kappa shape index (κ2) is 10.9. The van der Waals surface area contributed by atoms with Crippen LogP contribution in [0.25, 0.3) is 11.4 Å². The van der Waals surface area contributed by atoms with Crippen LogP contribution in [0.2, 0.25) is 0 Å². The zero-order valence-corrected chi connectivity index (χ0v) is 20.1. The van der Waals surface area contributed by atoms with E-state index in [1.54, 1.807) is 6.21 Å². The standard InChI is InChI=1S/C24H20BrN5O2S/c1-30-23(18-8-6-9-19(25)14-18)28-29-24(30)33-16-22(31)27-26-15-17-7-5-12-21(13-17)32-20-10-3-2-4-11-20/h2-15H,16H2,1H3,(H,27,31)/b26-15-. The van der Waals surface area contributed by atoms with Gasteiger partial charge >= 0.3 is 0 Å². The predicted molar refractivity (Wildman–Crippen MR) is 134 cm³/mol. The average molecular weight is 522 g/mol. The van der Waals surface area contributed by atoms with Crippen molar-refractivity contribution in [2.24, 2.45) is 12.1 Å². The molecule has 7 nitrogen and oxygen atoms in total. The lowest BCUT2D eigenvalue weighted by atomic mass is 10.2. The number of thioether (sulfide) groups is 1. The van der Waals surface area contributed by atoms with Crippen LogP contribution in [0.4, 0.5) is 0 Å². The fourth-order valence-electron chi connectivity index (χ4n) is 2.94. The normalized spacial score (nSPS) is 11.0. The minimum atomic E-state index is -0.236. The van der Waals surface area contributed by atoms with E-state index >= 15 is 0 Å². The molecule has 166 valence electrons. The fourth-order valence-corrected chi connectivity index (χ4v) is 4.05. The third-order valence-electron chi connectivity index (χ3n) is 4.49. The number of amides is 1. The maximum atomic E-state index is 12.2. The lowest BCUT2D eigenvalue weighted by molar-refractivity contribution is -0.118. The van der Waals surface area contributed by atoms with Crippen molar-refractivity contribution in [3.8, 4) is 22.9 Å². The summed E-state index contributed by atoms with van der Waals surface area (Å²) < 4.78 is 8.64. The van der Waals surface area contributed by atoms with Crippen LogP contribution in [0, 0.1) is 0 Å². The molecule has 0 atom stereocenters. The monoisotopic (exact) mass is 521 g/mol. The third kappa shape index (κ3) is 6.30. The van der Waals surface area contributed by atoms with Crippen molar-refractivity contribution in [1.29, 1.82) is 0 Å². The van der Waals surface area contributed by atoms with E-state index in [0.29, 0.717) is 10.9 Å². The Hall–Kier alpha value is -3.43. The summed E-state index contributed by atoms with van der Waals surface area (Å²) in [7, 11) is 1.87.